The minimum absolute atomic E-state index is 0.193. The molecule has 0 aliphatic carbocycles. The summed E-state index contributed by atoms with van der Waals surface area (Å²) >= 11 is 5.85. The lowest BCUT2D eigenvalue weighted by molar-refractivity contribution is -0.119. The van der Waals surface area contributed by atoms with E-state index < -0.39 is 12.1 Å². The SMILES string of the molecule is O=C1Nc2cc(Cl)ccc2C(=O)N2CC(O)CC12. The zero-order chi connectivity index (χ0) is 12.9. The number of fused-ring (bicyclic) bond motifs is 2. The molecule has 2 aliphatic heterocycles. The van der Waals surface area contributed by atoms with E-state index in [9.17, 15) is 14.7 Å². The molecule has 1 aromatic rings. The average molecular weight is 267 g/mol. The van der Waals surface area contributed by atoms with Gasteiger partial charge in [-0.3, -0.25) is 9.59 Å². The Morgan fingerprint density at radius 3 is 2.94 bits per heavy atom. The first kappa shape index (κ1) is 11.5. The first-order valence-corrected chi connectivity index (χ1v) is 6.03. The minimum Gasteiger partial charge on any atom is -0.391 e. The van der Waals surface area contributed by atoms with Gasteiger partial charge < -0.3 is 15.3 Å². The van der Waals surface area contributed by atoms with Crippen LogP contribution < -0.4 is 5.32 Å². The van der Waals surface area contributed by atoms with E-state index in [0.717, 1.165) is 0 Å². The van der Waals surface area contributed by atoms with E-state index in [1.54, 1.807) is 18.2 Å². The Labute approximate surface area is 108 Å². The molecule has 1 fully saturated rings. The maximum absolute atomic E-state index is 12.3. The average Bonchev–Trinajstić information content (AvgIpc) is 2.67. The number of rotatable bonds is 0. The number of aliphatic hydroxyl groups is 1. The van der Waals surface area contributed by atoms with Crippen LogP contribution in [0.1, 0.15) is 16.8 Å². The first-order valence-electron chi connectivity index (χ1n) is 5.65. The Morgan fingerprint density at radius 2 is 2.17 bits per heavy atom. The molecule has 5 nitrogen and oxygen atoms in total. The number of carbonyl (C=O) groups is 2. The topological polar surface area (TPSA) is 69.6 Å². The first-order chi connectivity index (χ1) is 8.56. The van der Waals surface area contributed by atoms with E-state index in [1.165, 1.54) is 4.90 Å². The van der Waals surface area contributed by atoms with Crippen LogP contribution in [0.4, 0.5) is 5.69 Å². The number of nitrogens with one attached hydrogen (secondary N) is 1. The molecule has 1 saturated heterocycles. The van der Waals surface area contributed by atoms with Gasteiger partial charge in [-0.2, -0.15) is 0 Å². The van der Waals surface area contributed by atoms with Crippen molar-refractivity contribution in [1.82, 2.24) is 4.90 Å². The van der Waals surface area contributed by atoms with Gasteiger partial charge in [0.15, 0.2) is 0 Å². The standard InChI is InChI=1S/C12H11ClN2O3/c13-6-1-2-8-9(3-6)14-11(17)10-4-7(16)5-15(10)12(8)18/h1-3,7,10,16H,4-5H2,(H,14,17). The quantitative estimate of drug-likeness (QED) is 0.732. The van der Waals surface area contributed by atoms with E-state index in [2.05, 4.69) is 5.32 Å². The Balaban J connectivity index is 2.08. The van der Waals surface area contributed by atoms with Gasteiger partial charge in [0.25, 0.3) is 5.91 Å². The summed E-state index contributed by atoms with van der Waals surface area (Å²) in [6, 6.07) is 4.16. The van der Waals surface area contributed by atoms with Gasteiger partial charge >= 0.3 is 0 Å². The summed E-state index contributed by atoms with van der Waals surface area (Å²) in [4.78, 5) is 25.7. The Morgan fingerprint density at radius 1 is 1.39 bits per heavy atom. The van der Waals surface area contributed by atoms with Gasteiger partial charge in [-0.1, -0.05) is 11.6 Å². The van der Waals surface area contributed by atoms with E-state index in [1.807, 2.05) is 0 Å². The normalized spacial score (nSPS) is 26.4. The van der Waals surface area contributed by atoms with Crippen molar-refractivity contribution in [2.45, 2.75) is 18.6 Å². The van der Waals surface area contributed by atoms with E-state index in [-0.39, 0.29) is 24.8 Å². The molecule has 2 heterocycles. The highest BCUT2D eigenvalue weighted by molar-refractivity contribution is 6.31. The highest BCUT2D eigenvalue weighted by Crippen LogP contribution is 2.30. The number of nitrogens with zero attached hydrogens (tertiary/aromatic N) is 1. The summed E-state index contributed by atoms with van der Waals surface area (Å²) in [5, 5.41) is 12.7. The van der Waals surface area contributed by atoms with Gasteiger partial charge in [0.1, 0.15) is 6.04 Å². The van der Waals surface area contributed by atoms with Crippen LogP contribution in [0.3, 0.4) is 0 Å². The smallest absolute Gasteiger partial charge is 0.256 e. The van der Waals surface area contributed by atoms with Crippen LogP contribution in [0.15, 0.2) is 18.2 Å². The molecule has 2 atom stereocenters. The molecule has 2 N–H and O–H groups in total. The second-order valence-electron chi connectivity index (χ2n) is 4.54. The fourth-order valence-corrected chi connectivity index (χ4v) is 2.64. The van der Waals surface area contributed by atoms with Gasteiger partial charge in [0, 0.05) is 18.0 Å². The summed E-state index contributed by atoms with van der Waals surface area (Å²) in [6.07, 6.45) is -0.363. The summed E-state index contributed by atoms with van der Waals surface area (Å²) in [5.41, 5.74) is 0.839. The molecular formula is C12H11ClN2O3. The van der Waals surface area contributed by atoms with Crippen LogP contribution >= 0.6 is 11.6 Å². The van der Waals surface area contributed by atoms with E-state index >= 15 is 0 Å². The molecule has 1 aromatic carbocycles. The van der Waals surface area contributed by atoms with Gasteiger partial charge in [-0.15, -0.1) is 0 Å². The predicted octanol–water partition coefficient (Wildman–Crippen LogP) is 0.867. The lowest BCUT2D eigenvalue weighted by Crippen LogP contribution is -2.40. The molecule has 3 rings (SSSR count). The predicted molar refractivity (Wildman–Crippen MR) is 65.5 cm³/mol. The monoisotopic (exact) mass is 266 g/mol. The van der Waals surface area contributed by atoms with Crippen molar-refractivity contribution in [2.75, 3.05) is 11.9 Å². The maximum Gasteiger partial charge on any atom is 0.256 e. The summed E-state index contributed by atoms with van der Waals surface area (Å²) in [5.74, 6) is -0.525. The van der Waals surface area contributed by atoms with Crippen LogP contribution in [0.25, 0.3) is 0 Å². The fraction of sp³-hybridized carbons (Fsp3) is 0.333. The zero-order valence-electron chi connectivity index (χ0n) is 9.39. The summed E-state index contributed by atoms with van der Waals surface area (Å²) in [6.45, 7) is 0.193. The molecule has 2 unspecified atom stereocenters. The van der Waals surface area contributed by atoms with Crippen molar-refractivity contribution in [3.8, 4) is 0 Å². The number of hydrogen-bond donors (Lipinski definition) is 2. The van der Waals surface area contributed by atoms with Crippen LogP contribution in [0.5, 0.6) is 0 Å². The van der Waals surface area contributed by atoms with Gasteiger partial charge in [-0.25, -0.2) is 0 Å². The van der Waals surface area contributed by atoms with Crippen molar-refractivity contribution >= 4 is 29.1 Å². The van der Waals surface area contributed by atoms with Crippen LogP contribution in [-0.4, -0.2) is 40.5 Å². The number of anilines is 1. The zero-order valence-corrected chi connectivity index (χ0v) is 10.1. The van der Waals surface area contributed by atoms with Crippen molar-refractivity contribution in [3.05, 3.63) is 28.8 Å². The van der Waals surface area contributed by atoms with Gasteiger partial charge in [0.05, 0.1) is 17.4 Å². The molecule has 6 heteroatoms. The number of hydrogen-bond acceptors (Lipinski definition) is 3. The molecule has 2 amide bonds. The van der Waals surface area contributed by atoms with Crippen LogP contribution in [0.2, 0.25) is 5.02 Å². The third kappa shape index (κ3) is 1.67. The van der Waals surface area contributed by atoms with Crippen molar-refractivity contribution < 1.29 is 14.7 Å². The summed E-state index contributed by atoms with van der Waals surface area (Å²) < 4.78 is 0. The number of amides is 2. The third-order valence-electron chi connectivity index (χ3n) is 3.31. The molecule has 0 bridgehead atoms. The molecule has 0 spiro atoms. The number of halogens is 1. The third-order valence-corrected chi connectivity index (χ3v) is 3.55. The molecular weight excluding hydrogens is 256 g/mol. The van der Waals surface area contributed by atoms with Crippen molar-refractivity contribution in [2.24, 2.45) is 0 Å². The molecule has 0 radical (unpaired) electrons. The van der Waals surface area contributed by atoms with Crippen LogP contribution in [-0.2, 0) is 4.79 Å². The molecule has 0 saturated carbocycles. The fourth-order valence-electron chi connectivity index (χ4n) is 2.46. The second kappa shape index (κ2) is 3.96. The lowest BCUT2D eigenvalue weighted by Gasteiger charge is -2.19. The molecule has 0 aromatic heterocycles. The van der Waals surface area contributed by atoms with Crippen LogP contribution in [0, 0.1) is 0 Å². The number of benzene rings is 1. The number of carbonyl (C=O) groups excluding carboxylic acids is 2. The Hall–Kier alpha value is -1.59. The second-order valence-corrected chi connectivity index (χ2v) is 4.98. The maximum atomic E-state index is 12.3. The van der Waals surface area contributed by atoms with E-state index in [0.29, 0.717) is 16.3 Å². The Kier molecular flexibility index (Phi) is 2.53. The minimum atomic E-state index is -0.640. The Bertz CT molecular complexity index is 546. The number of aliphatic hydroxyl groups excluding tert-OH is 1. The van der Waals surface area contributed by atoms with Gasteiger partial charge in [0.2, 0.25) is 5.91 Å². The highest BCUT2D eigenvalue weighted by Gasteiger charge is 2.42. The highest BCUT2D eigenvalue weighted by atomic mass is 35.5. The van der Waals surface area contributed by atoms with Crippen molar-refractivity contribution in [3.63, 3.8) is 0 Å². The van der Waals surface area contributed by atoms with E-state index in [4.69, 9.17) is 11.6 Å². The van der Waals surface area contributed by atoms with Crippen molar-refractivity contribution in [1.29, 1.82) is 0 Å². The molecule has 94 valence electrons. The largest absolute Gasteiger partial charge is 0.391 e. The molecule has 2 aliphatic rings. The lowest BCUT2D eigenvalue weighted by atomic mass is 10.1. The molecule has 18 heavy (non-hydrogen) atoms. The summed E-state index contributed by atoms with van der Waals surface area (Å²) in [7, 11) is 0. The van der Waals surface area contributed by atoms with Gasteiger partial charge in [-0.05, 0) is 18.2 Å².